The molecule has 0 saturated heterocycles. The van der Waals surface area contributed by atoms with Crippen molar-refractivity contribution in [3.8, 4) is 5.75 Å². The van der Waals surface area contributed by atoms with Crippen molar-refractivity contribution in [3.63, 3.8) is 0 Å². The van der Waals surface area contributed by atoms with Gasteiger partial charge in [0.05, 0.1) is 24.5 Å². The van der Waals surface area contributed by atoms with Gasteiger partial charge in [-0.2, -0.15) is 0 Å². The maximum Gasteiger partial charge on any atom is 0.232 e. The summed E-state index contributed by atoms with van der Waals surface area (Å²) < 4.78 is 31.2. The molecule has 0 aliphatic rings. The van der Waals surface area contributed by atoms with Crippen LogP contribution in [0.5, 0.6) is 5.75 Å². The zero-order chi connectivity index (χ0) is 20.0. The molecule has 2 rings (SSSR count). The Balaban J connectivity index is 2.13. The second-order valence-corrected chi connectivity index (χ2v) is 8.15. The third kappa shape index (κ3) is 5.45. The number of nitrogens with one attached hydrogen (secondary N) is 2. The zero-order valence-corrected chi connectivity index (χ0v) is 16.4. The number of nitrogens with two attached hydrogens (primary N) is 1. The molecule has 2 aromatic rings. The Bertz CT molecular complexity index is 885. The fourth-order valence-electron chi connectivity index (χ4n) is 2.48. The van der Waals surface area contributed by atoms with Crippen molar-refractivity contribution in [2.75, 3.05) is 22.9 Å². The lowest BCUT2D eigenvalue weighted by atomic mass is 9.94. The monoisotopic (exact) mass is 391 g/mol. The van der Waals surface area contributed by atoms with Crippen LogP contribution in [-0.4, -0.2) is 27.2 Å². The van der Waals surface area contributed by atoms with E-state index < -0.39 is 22.0 Å². The molecule has 0 spiro atoms. The molecule has 0 aromatic heterocycles. The van der Waals surface area contributed by atoms with Crippen LogP contribution in [0.25, 0.3) is 0 Å². The molecular weight excluding hydrogens is 366 g/mol. The lowest BCUT2D eigenvalue weighted by Crippen LogP contribution is -2.30. The van der Waals surface area contributed by atoms with Crippen molar-refractivity contribution in [2.45, 2.75) is 19.9 Å². The molecule has 1 amide bonds. The minimum atomic E-state index is -3.43. The number of methoxy groups -OCH3 is 1. The molecule has 2 atom stereocenters. The van der Waals surface area contributed by atoms with Gasteiger partial charge in [-0.25, -0.2) is 8.42 Å². The fourth-order valence-corrected chi connectivity index (χ4v) is 3.12. The van der Waals surface area contributed by atoms with Crippen molar-refractivity contribution in [1.29, 1.82) is 0 Å². The molecule has 27 heavy (non-hydrogen) atoms. The average Bonchev–Trinajstić information content (AvgIpc) is 2.68. The summed E-state index contributed by atoms with van der Waals surface area (Å²) in [5.41, 5.74) is 7.87. The minimum Gasteiger partial charge on any atom is -0.494 e. The number of hydrogen-bond acceptors (Lipinski definition) is 5. The summed E-state index contributed by atoms with van der Waals surface area (Å²) in [5.74, 6) is -0.444. The Morgan fingerprint density at radius 2 is 1.85 bits per heavy atom. The normalized spacial score (nSPS) is 13.5. The highest BCUT2D eigenvalue weighted by molar-refractivity contribution is 7.92. The van der Waals surface area contributed by atoms with Crippen LogP contribution in [0.1, 0.15) is 25.5 Å². The molecule has 8 heteroatoms. The highest BCUT2D eigenvalue weighted by Crippen LogP contribution is 2.29. The van der Waals surface area contributed by atoms with Gasteiger partial charge in [0.1, 0.15) is 5.75 Å². The SMILES string of the molecule is CCS(=O)(=O)Nc1ccc(NC(=O)C(C)C(N)c2ccccc2)cc1OC. The van der Waals surface area contributed by atoms with Gasteiger partial charge in [-0.05, 0) is 24.6 Å². The Morgan fingerprint density at radius 1 is 1.19 bits per heavy atom. The number of benzene rings is 2. The van der Waals surface area contributed by atoms with Crippen molar-refractivity contribution in [2.24, 2.45) is 11.7 Å². The minimum absolute atomic E-state index is 0.0521. The Labute approximate surface area is 160 Å². The number of anilines is 2. The maximum absolute atomic E-state index is 12.5. The molecule has 0 heterocycles. The van der Waals surface area contributed by atoms with E-state index in [9.17, 15) is 13.2 Å². The van der Waals surface area contributed by atoms with E-state index >= 15 is 0 Å². The molecule has 0 bridgehead atoms. The largest absolute Gasteiger partial charge is 0.494 e. The van der Waals surface area contributed by atoms with E-state index in [2.05, 4.69) is 10.0 Å². The first-order valence-electron chi connectivity index (χ1n) is 8.57. The first-order chi connectivity index (χ1) is 12.8. The number of ether oxygens (including phenoxy) is 1. The third-order valence-electron chi connectivity index (χ3n) is 4.25. The van der Waals surface area contributed by atoms with E-state index in [1.54, 1.807) is 32.0 Å². The van der Waals surface area contributed by atoms with Gasteiger partial charge in [-0.3, -0.25) is 9.52 Å². The summed E-state index contributed by atoms with van der Waals surface area (Å²) in [5, 5.41) is 2.79. The van der Waals surface area contributed by atoms with Crippen LogP contribution in [0, 0.1) is 5.92 Å². The highest BCUT2D eigenvalue weighted by Gasteiger charge is 2.22. The summed E-state index contributed by atoms with van der Waals surface area (Å²) in [6.07, 6.45) is 0. The second-order valence-electron chi connectivity index (χ2n) is 6.13. The summed E-state index contributed by atoms with van der Waals surface area (Å²) in [6.45, 7) is 3.30. The van der Waals surface area contributed by atoms with Crippen LogP contribution in [0.15, 0.2) is 48.5 Å². The molecule has 2 aromatic carbocycles. The summed E-state index contributed by atoms with van der Waals surface area (Å²) in [7, 11) is -2.00. The van der Waals surface area contributed by atoms with Gasteiger partial charge in [0.2, 0.25) is 15.9 Å². The van der Waals surface area contributed by atoms with Crippen molar-refractivity contribution in [1.82, 2.24) is 0 Å². The van der Waals surface area contributed by atoms with Crippen LogP contribution < -0.4 is 20.5 Å². The Kier molecular flexibility index (Phi) is 6.81. The van der Waals surface area contributed by atoms with E-state index in [0.717, 1.165) is 5.56 Å². The maximum atomic E-state index is 12.5. The number of hydrogen-bond donors (Lipinski definition) is 3. The lowest BCUT2D eigenvalue weighted by molar-refractivity contribution is -0.120. The molecule has 0 aliphatic heterocycles. The predicted molar refractivity (Wildman–Crippen MR) is 107 cm³/mol. The highest BCUT2D eigenvalue weighted by atomic mass is 32.2. The first kappa shape index (κ1) is 20.7. The standard InChI is InChI=1S/C19H25N3O4S/c1-4-27(24,25)22-16-11-10-15(12-17(16)26-3)21-19(23)13(2)18(20)14-8-6-5-7-9-14/h5-13,18,22H,4,20H2,1-3H3,(H,21,23). The van der Waals surface area contributed by atoms with Crippen molar-refractivity contribution >= 4 is 27.3 Å². The quantitative estimate of drug-likeness (QED) is 0.641. The predicted octanol–water partition coefficient (Wildman–Crippen LogP) is 2.73. The smallest absolute Gasteiger partial charge is 0.232 e. The molecular formula is C19H25N3O4S. The molecule has 146 valence electrons. The van der Waals surface area contributed by atoms with Crippen molar-refractivity contribution < 1.29 is 17.9 Å². The van der Waals surface area contributed by atoms with Crippen molar-refractivity contribution in [3.05, 3.63) is 54.1 Å². The molecule has 0 saturated carbocycles. The molecule has 0 fully saturated rings. The first-order valence-corrected chi connectivity index (χ1v) is 10.2. The third-order valence-corrected chi connectivity index (χ3v) is 5.54. The topological polar surface area (TPSA) is 111 Å². The van der Waals surface area contributed by atoms with Gasteiger partial charge in [0, 0.05) is 17.8 Å². The van der Waals surface area contributed by atoms with Crippen LogP contribution in [0.2, 0.25) is 0 Å². The van der Waals surface area contributed by atoms with Crippen LogP contribution in [-0.2, 0) is 14.8 Å². The van der Waals surface area contributed by atoms with Gasteiger partial charge in [-0.1, -0.05) is 37.3 Å². The van der Waals surface area contributed by atoms with E-state index in [4.69, 9.17) is 10.5 Å². The second kappa shape index (κ2) is 8.88. The number of rotatable bonds is 8. The molecule has 7 nitrogen and oxygen atoms in total. The van der Waals surface area contributed by atoms with Gasteiger partial charge < -0.3 is 15.8 Å². The summed E-state index contributed by atoms with van der Waals surface area (Å²) in [6, 6.07) is 13.7. The van der Waals surface area contributed by atoms with Crippen LogP contribution >= 0.6 is 0 Å². The van der Waals surface area contributed by atoms with Crippen LogP contribution in [0.3, 0.4) is 0 Å². The van der Waals surface area contributed by atoms with E-state index in [0.29, 0.717) is 17.1 Å². The van der Waals surface area contributed by atoms with E-state index in [1.165, 1.54) is 7.11 Å². The zero-order valence-electron chi connectivity index (χ0n) is 15.6. The van der Waals surface area contributed by atoms with Gasteiger partial charge >= 0.3 is 0 Å². The molecule has 2 unspecified atom stereocenters. The number of sulfonamides is 1. The number of amides is 1. The van der Waals surface area contributed by atoms with E-state index in [-0.39, 0.29) is 11.7 Å². The summed E-state index contributed by atoms with van der Waals surface area (Å²) >= 11 is 0. The van der Waals surface area contributed by atoms with Crippen LogP contribution in [0.4, 0.5) is 11.4 Å². The van der Waals surface area contributed by atoms with Gasteiger partial charge in [0.15, 0.2) is 0 Å². The molecule has 4 N–H and O–H groups in total. The van der Waals surface area contributed by atoms with Gasteiger partial charge in [-0.15, -0.1) is 0 Å². The summed E-state index contributed by atoms with van der Waals surface area (Å²) in [4.78, 5) is 12.5. The molecule has 0 radical (unpaired) electrons. The number of carbonyl (C=O) groups is 1. The van der Waals surface area contributed by atoms with Gasteiger partial charge in [0.25, 0.3) is 0 Å². The van der Waals surface area contributed by atoms with E-state index in [1.807, 2.05) is 30.3 Å². The fraction of sp³-hybridized carbons (Fsp3) is 0.316. The number of carbonyl (C=O) groups excluding carboxylic acids is 1. The lowest BCUT2D eigenvalue weighted by Gasteiger charge is -2.20. The Morgan fingerprint density at radius 3 is 2.44 bits per heavy atom. The average molecular weight is 391 g/mol. The molecule has 0 aliphatic carbocycles. The Hall–Kier alpha value is -2.58.